The third-order valence-corrected chi connectivity index (χ3v) is 3.59. The molecular formula is C10H19N3O. The lowest BCUT2D eigenvalue weighted by Crippen LogP contribution is -2.42. The maximum Gasteiger partial charge on any atom is 0.235 e. The van der Waals surface area contributed by atoms with Crippen molar-refractivity contribution < 1.29 is 4.79 Å². The lowest BCUT2D eigenvalue weighted by Gasteiger charge is -2.31. The minimum atomic E-state index is -0.0598. The Morgan fingerprint density at radius 1 is 1.64 bits per heavy atom. The SMILES string of the molecule is CC(CC(=O)NN)N1CCC2CC2C1. The summed E-state index contributed by atoms with van der Waals surface area (Å²) < 4.78 is 0. The molecule has 3 atom stereocenters. The summed E-state index contributed by atoms with van der Waals surface area (Å²) in [6, 6.07) is 0.333. The van der Waals surface area contributed by atoms with E-state index in [1.165, 1.54) is 19.4 Å². The van der Waals surface area contributed by atoms with E-state index in [1.807, 2.05) is 0 Å². The van der Waals surface area contributed by atoms with Crippen LogP contribution in [-0.4, -0.2) is 29.9 Å². The number of hydrogen-bond donors (Lipinski definition) is 2. The van der Waals surface area contributed by atoms with Gasteiger partial charge in [0.05, 0.1) is 0 Å². The molecule has 3 N–H and O–H groups in total. The van der Waals surface area contributed by atoms with Crippen molar-refractivity contribution in [1.29, 1.82) is 0 Å². The van der Waals surface area contributed by atoms with Gasteiger partial charge in [-0.1, -0.05) is 0 Å². The summed E-state index contributed by atoms with van der Waals surface area (Å²) in [6.45, 7) is 4.45. The van der Waals surface area contributed by atoms with Gasteiger partial charge in [-0.15, -0.1) is 0 Å². The third kappa shape index (κ3) is 2.07. The average Bonchev–Trinajstić information content (AvgIpc) is 2.94. The molecule has 0 radical (unpaired) electrons. The minimum Gasteiger partial charge on any atom is -0.300 e. The number of piperidine rings is 1. The van der Waals surface area contributed by atoms with Crippen molar-refractivity contribution in [1.82, 2.24) is 10.3 Å². The Balaban J connectivity index is 1.78. The highest BCUT2D eigenvalue weighted by atomic mass is 16.2. The van der Waals surface area contributed by atoms with Crippen LogP contribution in [-0.2, 0) is 4.79 Å². The molecule has 0 aromatic rings. The Morgan fingerprint density at radius 2 is 2.43 bits per heavy atom. The fraction of sp³-hybridized carbons (Fsp3) is 0.900. The average molecular weight is 197 g/mol. The van der Waals surface area contributed by atoms with Crippen LogP contribution in [0.1, 0.15) is 26.2 Å². The summed E-state index contributed by atoms with van der Waals surface area (Å²) in [5, 5.41) is 0. The van der Waals surface area contributed by atoms with Crippen LogP contribution in [0.4, 0.5) is 0 Å². The zero-order valence-corrected chi connectivity index (χ0v) is 8.70. The normalized spacial score (nSPS) is 33.3. The van der Waals surface area contributed by atoms with E-state index in [-0.39, 0.29) is 5.91 Å². The van der Waals surface area contributed by atoms with Gasteiger partial charge in [0.15, 0.2) is 0 Å². The largest absolute Gasteiger partial charge is 0.300 e. The molecular weight excluding hydrogens is 178 g/mol. The van der Waals surface area contributed by atoms with Crippen LogP contribution in [0.5, 0.6) is 0 Å². The Labute approximate surface area is 84.8 Å². The predicted octanol–water partition coefficient (Wildman–Crippen LogP) is 0.0967. The number of carbonyl (C=O) groups excluding carboxylic acids is 1. The number of hydrogen-bond acceptors (Lipinski definition) is 3. The van der Waals surface area contributed by atoms with E-state index in [9.17, 15) is 4.79 Å². The van der Waals surface area contributed by atoms with Crippen molar-refractivity contribution in [3.05, 3.63) is 0 Å². The third-order valence-electron chi connectivity index (χ3n) is 3.59. The topological polar surface area (TPSA) is 58.4 Å². The molecule has 1 amide bonds. The van der Waals surface area contributed by atoms with E-state index in [0.29, 0.717) is 12.5 Å². The van der Waals surface area contributed by atoms with Gasteiger partial charge < -0.3 is 0 Å². The van der Waals surface area contributed by atoms with Gasteiger partial charge in [0.1, 0.15) is 0 Å². The van der Waals surface area contributed by atoms with Gasteiger partial charge in [0.25, 0.3) is 0 Å². The molecule has 0 spiro atoms. The smallest absolute Gasteiger partial charge is 0.235 e. The van der Waals surface area contributed by atoms with E-state index < -0.39 is 0 Å². The molecule has 2 fully saturated rings. The van der Waals surface area contributed by atoms with Crippen LogP contribution in [0.15, 0.2) is 0 Å². The van der Waals surface area contributed by atoms with Crippen molar-refractivity contribution in [2.45, 2.75) is 32.2 Å². The highest BCUT2D eigenvalue weighted by Crippen LogP contribution is 2.45. The molecule has 3 unspecified atom stereocenters. The molecule has 4 nitrogen and oxygen atoms in total. The van der Waals surface area contributed by atoms with Gasteiger partial charge in [0.2, 0.25) is 5.91 Å². The lowest BCUT2D eigenvalue weighted by molar-refractivity contribution is -0.122. The zero-order chi connectivity index (χ0) is 10.1. The molecule has 1 heterocycles. The number of amides is 1. The number of rotatable bonds is 3. The number of nitrogens with one attached hydrogen (secondary N) is 1. The van der Waals surface area contributed by atoms with Crippen LogP contribution in [0, 0.1) is 11.8 Å². The first kappa shape index (κ1) is 9.93. The number of nitrogens with zero attached hydrogens (tertiary/aromatic N) is 1. The van der Waals surface area contributed by atoms with E-state index in [0.717, 1.165) is 18.4 Å². The molecule has 1 aliphatic carbocycles. The molecule has 2 rings (SSSR count). The molecule has 80 valence electrons. The van der Waals surface area contributed by atoms with Crippen LogP contribution < -0.4 is 11.3 Å². The number of likely N-dealkylation sites (tertiary alicyclic amines) is 1. The molecule has 1 saturated carbocycles. The zero-order valence-electron chi connectivity index (χ0n) is 8.70. The van der Waals surface area contributed by atoms with Gasteiger partial charge in [-0.3, -0.25) is 15.1 Å². The molecule has 14 heavy (non-hydrogen) atoms. The second-order valence-electron chi connectivity index (χ2n) is 4.66. The predicted molar refractivity (Wildman–Crippen MR) is 54.2 cm³/mol. The summed E-state index contributed by atoms with van der Waals surface area (Å²) in [6.07, 6.45) is 3.25. The molecule has 0 bridgehead atoms. The van der Waals surface area contributed by atoms with E-state index in [4.69, 9.17) is 5.84 Å². The van der Waals surface area contributed by atoms with E-state index in [2.05, 4.69) is 17.2 Å². The number of nitrogens with two attached hydrogens (primary N) is 1. The van der Waals surface area contributed by atoms with Crippen molar-refractivity contribution in [3.8, 4) is 0 Å². The fourth-order valence-corrected chi connectivity index (χ4v) is 2.47. The minimum absolute atomic E-state index is 0.0598. The summed E-state index contributed by atoms with van der Waals surface area (Å²) in [5.74, 6) is 6.93. The highest BCUT2D eigenvalue weighted by molar-refractivity contribution is 5.75. The fourth-order valence-electron chi connectivity index (χ4n) is 2.47. The maximum atomic E-state index is 11.1. The first-order valence-corrected chi connectivity index (χ1v) is 5.44. The second kappa shape index (κ2) is 3.87. The maximum absolute atomic E-state index is 11.1. The van der Waals surface area contributed by atoms with Gasteiger partial charge in [-0.05, 0) is 38.1 Å². The Hall–Kier alpha value is -0.610. The second-order valence-corrected chi connectivity index (χ2v) is 4.66. The van der Waals surface area contributed by atoms with Crippen LogP contribution in [0.2, 0.25) is 0 Å². The standard InChI is InChI=1S/C10H19N3O/c1-7(4-10(14)12-11)13-3-2-8-5-9(8)6-13/h7-9H,2-6,11H2,1H3,(H,12,14). The first-order valence-electron chi connectivity index (χ1n) is 5.44. The molecule has 1 aliphatic heterocycles. The van der Waals surface area contributed by atoms with Crippen molar-refractivity contribution in [2.24, 2.45) is 17.7 Å². The van der Waals surface area contributed by atoms with Gasteiger partial charge in [-0.2, -0.15) is 0 Å². The molecule has 2 aliphatic rings. The lowest BCUT2D eigenvalue weighted by atomic mass is 10.1. The van der Waals surface area contributed by atoms with Crippen LogP contribution in [0.25, 0.3) is 0 Å². The number of carbonyl (C=O) groups is 1. The summed E-state index contributed by atoms with van der Waals surface area (Å²) in [4.78, 5) is 13.5. The monoisotopic (exact) mass is 197 g/mol. The molecule has 4 heteroatoms. The first-order chi connectivity index (χ1) is 6.70. The van der Waals surface area contributed by atoms with Gasteiger partial charge in [-0.25, -0.2) is 5.84 Å². The van der Waals surface area contributed by atoms with Gasteiger partial charge >= 0.3 is 0 Å². The van der Waals surface area contributed by atoms with Crippen LogP contribution in [0.3, 0.4) is 0 Å². The molecule has 0 aromatic carbocycles. The highest BCUT2D eigenvalue weighted by Gasteiger charge is 2.42. The summed E-state index contributed by atoms with van der Waals surface area (Å²) in [7, 11) is 0. The molecule has 1 saturated heterocycles. The van der Waals surface area contributed by atoms with E-state index in [1.54, 1.807) is 0 Å². The number of hydrazine groups is 1. The Kier molecular flexibility index (Phi) is 2.74. The number of fused-ring (bicyclic) bond motifs is 1. The van der Waals surface area contributed by atoms with Crippen molar-refractivity contribution in [3.63, 3.8) is 0 Å². The van der Waals surface area contributed by atoms with Crippen LogP contribution >= 0.6 is 0 Å². The van der Waals surface area contributed by atoms with Gasteiger partial charge in [0, 0.05) is 19.0 Å². The Bertz CT molecular complexity index is 231. The Morgan fingerprint density at radius 3 is 3.07 bits per heavy atom. The summed E-state index contributed by atoms with van der Waals surface area (Å²) >= 11 is 0. The van der Waals surface area contributed by atoms with E-state index >= 15 is 0 Å². The summed E-state index contributed by atoms with van der Waals surface area (Å²) in [5.41, 5.74) is 2.19. The van der Waals surface area contributed by atoms with Crippen molar-refractivity contribution in [2.75, 3.05) is 13.1 Å². The quantitative estimate of drug-likeness (QED) is 0.383. The molecule has 0 aromatic heterocycles. The van der Waals surface area contributed by atoms with Crippen molar-refractivity contribution >= 4 is 5.91 Å².